The van der Waals surface area contributed by atoms with E-state index in [1.165, 1.54) is 0 Å². The van der Waals surface area contributed by atoms with Crippen molar-refractivity contribution in [2.45, 2.75) is 40.0 Å². The highest BCUT2D eigenvalue weighted by atomic mass is 31.3. The second kappa shape index (κ2) is 8.09. The van der Waals surface area contributed by atoms with Crippen LogP contribution in [0.3, 0.4) is 0 Å². The highest BCUT2D eigenvalue weighted by molar-refractivity contribution is 7.80. The Balaban J connectivity index is 0.000000399. The lowest BCUT2D eigenvalue weighted by molar-refractivity contribution is 0.275. The summed E-state index contributed by atoms with van der Waals surface area (Å²) < 4.78 is 42.4. The van der Waals surface area contributed by atoms with Gasteiger partial charge >= 0.3 is 22.8 Å². The Hall–Kier alpha value is 0.530. The average molecular weight is 336 g/mol. The van der Waals surface area contributed by atoms with Gasteiger partial charge in [0.1, 0.15) is 0 Å². The van der Waals surface area contributed by atoms with Crippen LogP contribution in [0.4, 0.5) is 0 Å². The van der Waals surface area contributed by atoms with Crippen LogP contribution in [0.15, 0.2) is 0 Å². The molecule has 0 amide bonds. The van der Waals surface area contributed by atoms with Crippen LogP contribution in [0.1, 0.15) is 40.0 Å². The molecule has 19 heavy (non-hydrogen) atoms. The third kappa shape index (κ3) is 8.41. The van der Waals surface area contributed by atoms with Gasteiger partial charge < -0.3 is 9.79 Å². The number of hydrogen-bond acceptors (Lipinski definition) is 5. The van der Waals surface area contributed by atoms with Crippen LogP contribution in [-0.2, 0) is 22.3 Å². The maximum Gasteiger partial charge on any atom is 0.345 e. The first-order chi connectivity index (χ1) is 8.60. The maximum absolute atomic E-state index is 11.3. The van der Waals surface area contributed by atoms with Gasteiger partial charge in [-0.15, -0.1) is 0 Å². The van der Waals surface area contributed by atoms with Gasteiger partial charge in [0.25, 0.3) is 0 Å². The molecule has 1 aliphatic heterocycles. The predicted octanol–water partition coefficient (Wildman–Crippen LogP) is 3.81. The first kappa shape index (κ1) is 19.5. The van der Waals surface area contributed by atoms with Crippen LogP contribution in [0.5, 0.6) is 0 Å². The van der Waals surface area contributed by atoms with E-state index in [1.54, 1.807) is 6.92 Å². The van der Waals surface area contributed by atoms with Gasteiger partial charge in [0.15, 0.2) is 0 Å². The van der Waals surface area contributed by atoms with E-state index in [4.69, 9.17) is 18.4 Å². The van der Waals surface area contributed by atoms with Crippen LogP contribution in [0, 0.1) is 0 Å². The molecule has 0 aliphatic carbocycles. The maximum atomic E-state index is 11.3. The zero-order chi connectivity index (χ0) is 15.2. The Labute approximate surface area is 114 Å². The van der Waals surface area contributed by atoms with E-state index in [-0.39, 0.29) is 6.16 Å². The van der Waals surface area contributed by atoms with Crippen molar-refractivity contribution in [2.75, 3.05) is 18.5 Å². The summed E-state index contributed by atoms with van der Waals surface area (Å²) in [6.07, 6.45) is 2.76. The van der Waals surface area contributed by atoms with Crippen LogP contribution < -0.4 is 0 Å². The standard InChI is InChI=1S/C6H14O4P2.C3H9O3P/c1-3-5-11(7)9-12(8,10-11)6-4-2;1-2-3-7(4,5)6/h3-6H2,1-2H3;2-3H2,1H3,(H2,4,5,6). The minimum Gasteiger partial charge on any atom is -0.324 e. The Morgan fingerprint density at radius 2 is 1.26 bits per heavy atom. The number of rotatable bonds is 6. The molecule has 1 heterocycles. The predicted molar refractivity (Wildman–Crippen MR) is 74.9 cm³/mol. The highest BCUT2D eigenvalue weighted by Crippen LogP contribution is 2.81. The van der Waals surface area contributed by atoms with E-state index in [0.29, 0.717) is 18.7 Å². The number of hydrogen-bond donors (Lipinski definition) is 2. The van der Waals surface area contributed by atoms with Crippen molar-refractivity contribution in [2.24, 2.45) is 0 Å². The van der Waals surface area contributed by atoms with Gasteiger partial charge in [-0.25, -0.2) is 8.62 Å². The van der Waals surface area contributed by atoms with Gasteiger partial charge in [-0.3, -0.25) is 13.7 Å². The molecule has 116 valence electrons. The zero-order valence-electron chi connectivity index (χ0n) is 11.5. The van der Waals surface area contributed by atoms with E-state index in [1.807, 2.05) is 13.8 Å². The van der Waals surface area contributed by atoms with Gasteiger partial charge in [0.05, 0.1) is 12.3 Å². The summed E-state index contributed by atoms with van der Waals surface area (Å²) in [7, 11) is -9.48. The summed E-state index contributed by atoms with van der Waals surface area (Å²) in [5.41, 5.74) is 0. The second-order valence-electron chi connectivity index (χ2n) is 4.22. The molecule has 10 heteroatoms. The summed E-state index contributed by atoms with van der Waals surface area (Å²) in [6.45, 7) is 5.50. The van der Waals surface area contributed by atoms with Crippen molar-refractivity contribution in [3.63, 3.8) is 0 Å². The van der Waals surface area contributed by atoms with E-state index >= 15 is 0 Å². The lowest BCUT2D eigenvalue weighted by atomic mass is 10.6. The highest BCUT2D eigenvalue weighted by Gasteiger charge is 2.50. The average Bonchev–Trinajstić information content (AvgIpc) is 2.14. The van der Waals surface area contributed by atoms with Crippen molar-refractivity contribution in [1.29, 1.82) is 0 Å². The van der Waals surface area contributed by atoms with Gasteiger partial charge in [-0.2, -0.15) is 0 Å². The molecule has 0 saturated carbocycles. The molecule has 1 fully saturated rings. The van der Waals surface area contributed by atoms with Crippen molar-refractivity contribution >= 4 is 22.8 Å². The first-order valence-corrected chi connectivity index (χ1v) is 11.5. The molecule has 0 unspecified atom stereocenters. The Kier molecular flexibility index (Phi) is 8.32. The molecule has 0 bridgehead atoms. The monoisotopic (exact) mass is 336 g/mol. The summed E-state index contributed by atoms with van der Waals surface area (Å²) in [5.74, 6) is 0. The van der Waals surface area contributed by atoms with E-state index < -0.39 is 22.8 Å². The molecule has 0 aromatic rings. The quantitative estimate of drug-likeness (QED) is 0.709. The second-order valence-corrected chi connectivity index (χ2v) is 10.6. The SMILES string of the molecule is CCCP(=O)(O)O.CCCP1(=O)OP(=O)(CCC)O1. The molecule has 1 rings (SSSR count). The van der Waals surface area contributed by atoms with Gasteiger partial charge in [-0.1, -0.05) is 20.8 Å². The summed E-state index contributed by atoms with van der Waals surface area (Å²) in [5, 5.41) is 0. The lowest BCUT2D eigenvalue weighted by Gasteiger charge is -2.33. The Morgan fingerprint density at radius 1 is 0.895 bits per heavy atom. The minimum atomic E-state index is -3.67. The molecule has 7 nitrogen and oxygen atoms in total. The Morgan fingerprint density at radius 3 is 1.42 bits per heavy atom. The van der Waals surface area contributed by atoms with E-state index in [9.17, 15) is 13.7 Å². The molecule has 2 N–H and O–H groups in total. The first-order valence-electron chi connectivity index (χ1n) is 6.25. The smallest absolute Gasteiger partial charge is 0.324 e. The summed E-state index contributed by atoms with van der Waals surface area (Å²) in [6, 6.07) is 0. The van der Waals surface area contributed by atoms with Crippen LogP contribution in [0.25, 0.3) is 0 Å². The molecule has 1 aliphatic rings. The minimum absolute atomic E-state index is 0.00694. The van der Waals surface area contributed by atoms with Crippen molar-refractivity contribution in [3.05, 3.63) is 0 Å². The fourth-order valence-corrected chi connectivity index (χ4v) is 7.45. The molecular formula is C9H23O7P3. The van der Waals surface area contributed by atoms with Gasteiger partial charge in [0.2, 0.25) is 0 Å². The molecular weight excluding hydrogens is 313 g/mol. The molecule has 0 radical (unpaired) electrons. The van der Waals surface area contributed by atoms with Crippen LogP contribution in [-0.4, -0.2) is 28.3 Å². The van der Waals surface area contributed by atoms with Crippen molar-refractivity contribution in [3.8, 4) is 0 Å². The fraction of sp³-hybridized carbons (Fsp3) is 1.00. The summed E-state index contributed by atoms with van der Waals surface area (Å²) in [4.78, 5) is 16.3. The third-order valence-electron chi connectivity index (χ3n) is 2.01. The topological polar surface area (TPSA) is 110 Å². The van der Waals surface area contributed by atoms with Crippen LogP contribution >= 0.6 is 22.8 Å². The zero-order valence-corrected chi connectivity index (χ0v) is 14.2. The van der Waals surface area contributed by atoms with Gasteiger partial charge in [-0.05, 0) is 19.3 Å². The molecule has 0 aromatic carbocycles. The van der Waals surface area contributed by atoms with E-state index in [0.717, 1.165) is 12.8 Å². The fourth-order valence-electron chi connectivity index (χ4n) is 1.39. The van der Waals surface area contributed by atoms with E-state index in [2.05, 4.69) is 0 Å². The molecule has 0 spiro atoms. The molecule has 0 aromatic heterocycles. The van der Waals surface area contributed by atoms with Crippen molar-refractivity contribution < 1.29 is 32.1 Å². The molecule has 1 saturated heterocycles. The van der Waals surface area contributed by atoms with Crippen LogP contribution in [0.2, 0.25) is 0 Å². The normalized spacial score (nSPS) is 30.2. The largest absolute Gasteiger partial charge is 0.345 e. The van der Waals surface area contributed by atoms with Gasteiger partial charge in [0, 0.05) is 6.16 Å². The molecule has 0 atom stereocenters. The lowest BCUT2D eigenvalue weighted by Crippen LogP contribution is -2.10. The van der Waals surface area contributed by atoms with Crippen molar-refractivity contribution in [1.82, 2.24) is 0 Å². The Bertz CT molecular complexity index is 365. The summed E-state index contributed by atoms with van der Waals surface area (Å²) >= 11 is 0. The third-order valence-corrected chi connectivity index (χ3v) is 9.01.